The molecule has 0 fully saturated rings. The molecule has 3 heterocycles. The molecular formula is C18H23N4O2S+. The second-order valence-electron chi connectivity index (χ2n) is 6.91. The lowest BCUT2D eigenvalue weighted by atomic mass is 10.1. The average Bonchev–Trinajstić information content (AvgIpc) is 3.24. The Balaban J connectivity index is 1.48. The molecule has 2 amide bonds. The molecule has 2 aromatic rings. The number of anilines is 1. The summed E-state index contributed by atoms with van der Waals surface area (Å²) in [7, 11) is 0. The molecule has 132 valence electrons. The van der Waals surface area contributed by atoms with Crippen molar-refractivity contribution in [3.8, 4) is 0 Å². The molecule has 0 saturated heterocycles. The molecule has 0 radical (unpaired) electrons. The second kappa shape index (κ2) is 6.31. The molecule has 7 heteroatoms. The highest BCUT2D eigenvalue weighted by molar-refractivity contribution is 7.17. The highest BCUT2D eigenvalue weighted by Crippen LogP contribution is 2.38. The molecule has 1 aliphatic heterocycles. The maximum atomic E-state index is 12.6. The van der Waals surface area contributed by atoms with Gasteiger partial charge in [-0.25, -0.2) is 0 Å². The number of nitrogens with two attached hydrogens (primary N) is 1. The van der Waals surface area contributed by atoms with Crippen molar-refractivity contribution in [2.24, 2.45) is 5.73 Å². The summed E-state index contributed by atoms with van der Waals surface area (Å²) in [5, 5.41) is 3.59. The van der Waals surface area contributed by atoms with Crippen LogP contribution in [0.5, 0.6) is 0 Å². The predicted molar refractivity (Wildman–Crippen MR) is 97.0 cm³/mol. The number of thiophene rings is 1. The van der Waals surface area contributed by atoms with Gasteiger partial charge in [0.25, 0.3) is 11.8 Å². The van der Waals surface area contributed by atoms with Gasteiger partial charge in [0.05, 0.1) is 24.3 Å². The monoisotopic (exact) mass is 359 g/mol. The fraction of sp³-hybridized carbons (Fsp3) is 0.444. The minimum Gasteiger partial charge on any atom is -0.365 e. The van der Waals surface area contributed by atoms with Gasteiger partial charge < -0.3 is 20.5 Å². The van der Waals surface area contributed by atoms with Crippen LogP contribution in [0.1, 0.15) is 45.9 Å². The van der Waals surface area contributed by atoms with Crippen LogP contribution in [0, 0.1) is 0 Å². The zero-order chi connectivity index (χ0) is 17.6. The number of nitrogens with one attached hydrogen (secondary N) is 2. The summed E-state index contributed by atoms with van der Waals surface area (Å²) in [6, 6.07) is 4.45. The molecule has 1 unspecified atom stereocenters. The summed E-state index contributed by atoms with van der Waals surface area (Å²) < 4.78 is 2.25. The van der Waals surface area contributed by atoms with E-state index in [0.717, 1.165) is 37.9 Å². The molecule has 4 rings (SSSR count). The molecule has 6 nitrogen and oxygen atoms in total. The van der Waals surface area contributed by atoms with Crippen molar-refractivity contribution in [1.82, 2.24) is 4.57 Å². The van der Waals surface area contributed by atoms with Crippen LogP contribution in [-0.4, -0.2) is 29.5 Å². The number of primary amides is 1. The van der Waals surface area contributed by atoms with E-state index in [1.54, 1.807) is 0 Å². The van der Waals surface area contributed by atoms with Crippen LogP contribution < -0.4 is 16.0 Å². The Bertz CT molecular complexity index is 838. The number of aryl methyl sites for hydroxylation is 1. The largest absolute Gasteiger partial charge is 0.365 e. The third-order valence-corrected chi connectivity index (χ3v) is 6.61. The zero-order valence-electron chi connectivity index (χ0n) is 14.3. The number of carbonyl (C=O) groups is 2. The first-order valence-electron chi connectivity index (χ1n) is 8.78. The lowest BCUT2D eigenvalue weighted by Gasteiger charge is -2.31. The second-order valence-corrected chi connectivity index (χ2v) is 8.01. The van der Waals surface area contributed by atoms with Crippen LogP contribution in [-0.2, 0) is 24.2 Å². The standard InChI is InChI=1S/C18H22N4O2S/c1-11-13-5-3-7-21(13)8-9-22(11)10-15(23)20-18-16(17(19)24)12-4-2-6-14(12)25-18/h3,5,7,11H,2,4,6,8-10H2,1H3,(H2,19,24)(H,20,23)/p+1/t11-/m0/s1. The van der Waals surface area contributed by atoms with E-state index in [1.807, 2.05) is 0 Å². The molecule has 1 aliphatic carbocycles. The number of quaternary nitrogens is 1. The normalized spacial score (nSPS) is 21.6. The van der Waals surface area contributed by atoms with Gasteiger partial charge in [0.2, 0.25) is 0 Å². The van der Waals surface area contributed by atoms with E-state index in [9.17, 15) is 9.59 Å². The topological polar surface area (TPSA) is 81.6 Å². The Labute approximate surface area is 150 Å². The van der Waals surface area contributed by atoms with Crippen molar-refractivity contribution in [2.75, 3.05) is 18.4 Å². The highest BCUT2D eigenvalue weighted by atomic mass is 32.1. The quantitative estimate of drug-likeness (QED) is 0.752. The molecule has 25 heavy (non-hydrogen) atoms. The van der Waals surface area contributed by atoms with Gasteiger partial charge in [-0.2, -0.15) is 0 Å². The first-order chi connectivity index (χ1) is 12.0. The third kappa shape index (κ3) is 2.87. The number of aromatic nitrogens is 1. The smallest absolute Gasteiger partial charge is 0.280 e. The van der Waals surface area contributed by atoms with Gasteiger partial charge in [-0.15, -0.1) is 11.3 Å². The maximum absolute atomic E-state index is 12.6. The number of rotatable bonds is 4. The molecule has 0 bridgehead atoms. The summed E-state index contributed by atoms with van der Waals surface area (Å²) in [6.45, 7) is 4.39. The van der Waals surface area contributed by atoms with Crippen LogP contribution in [0.4, 0.5) is 5.00 Å². The maximum Gasteiger partial charge on any atom is 0.280 e. The van der Waals surface area contributed by atoms with Crippen LogP contribution in [0.25, 0.3) is 0 Å². The van der Waals surface area contributed by atoms with Crippen LogP contribution in [0.15, 0.2) is 18.3 Å². The zero-order valence-corrected chi connectivity index (χ0v) is 15.1. The van der Waals surface area contributed by atoms with Gasteiger partial charge in [-0.3, -0.25) is 9.59 Å². The Hall–Kier alpha value is -2.12. The lowest BCUT2D eigenvalue weighted by molar-refractivity contribution is -0.926. The van der Waals surface area contributed by atoms with Crippen LogP contribution in [0.2, 0.25) is 0 Å². The van der Waals surface area contributed by atoms with E-state index in [0.29, 0.717) is 17.1 Å². The summed E-state index contributed by atoms with van der Waals surface area (Å²) >= 11 is 1.51. The van der Waals surface area contributed by atoms with E-state index >= 15 is 0 Å². The van der Waals surface area contributed by atoms with Crippen molar-refractivity contribution in [1.29, 1.82) is 0 Å². The van der Waals surface area contributed by atoms with Crippen molar-refractivity contribution in [3.63, 3.8) is 0 Å². The molecule has 2 atom stereocenters. The van der Waals surface area contributed by atoms with Crippen molar-refractivity contribution >= 4 is 28.2 Å². The molecule has 2 aromatic heterocycles. The number of amides is 2. The third-order valence-electron chi connectivity index (χ3n) is 5.40. The van der Waals surface area contributed by atoms with E-state index in [-0.39, 0.29) is 11.9 Å². The van der Waals surface area contributed by atoms with Crippen molar-refractivity contribution < 1.29 is 14.5 Å². The molecule has 4 N–H and O–H groups in total. The lowest BCUT2D eigenvalue weighted by Crippen LogP contribution is -3.14. The van der Waals surface area contributed by atoms with Gasteiger partial charge in [-0.05, 0) is 43.9 Å². The van der Waals surface area contributed by atoms with E-state index in [4.69, 9.17) is 5.73 Å². The molecular weight excluding hydrogens is 336 g/mol. The predicted octanol–water partition coefficient (Wildman–Crippen LogP) is 0.735. The minimum atomic E-state index is -0.439. The Morgan fingerprint density at radius 3 is 3.08 bits per heavy atom. The van der Waals surface area contributed by atoms with Gasteiger partial charge in [0.1, 0.15) is 11.0 Å². The Morgan fingerprint density at radius 2 is 2.28 bits per heavy atom. The highest BCUT2D eigenvalue weighted by Gasteiger charge is 2.30. The number of hydrogen-bond acceptors (Lipinski definition) is 3. The first-order valence-corrected chi connectivity index (χ1v) is 9.60. The summed E-state index contributed by atoms with van der Waals surface area (Å²) in [4.78, 5) is 26.9. The first kappa shape index (κ1) is 16.4. The minimum absolute atomic E-state index is 0.0516. The molecule has 0 saturated carbocycles. The van der Waals surface area contributed by atoms with E-state index < -0.39 is 5.91 Å². The van der Waals surface area contributed by atoms with Crippen molar-refractivity contribution in [3.05, 3.63) is 40.0 Å². The summed E-state index contributed by atoms with van der Waals surface area (Å²) in [5.74, 6) is -0.490. The Morgan fingerprint density at radius 1 is 1.44 bits per heavy atom. The van der Waals surface area contributed by atoms with Crippen molar-refractivity contribution in [2.45, 2.75) is 38.8 Å². The number of carbonyl (C=O) groups excluding carboxylic acids is 2. The van der Waals surface area contributed by atoms with Crippen LogP contribution >= 0.6 is 11.3 Å². The average molecular weight is 359 g/mol. The molecule has 2 aliphatic rings. The van der Waals surface area contributed by atoms with Gasteiger partial charge in [0.15, 0.2) is 6.54 Å². The van der Waals surface area contributed by atoms with Gasteiger partial charge in [-0.1, -0.05) is 0 Å². The van der Waals surface area contributed by atoms with E-state index in [1.165, 1.54) is 26.8 Å². The van der Waals surface area contributed by atoms with Gasteiger partial charge >= 0.3 is 0 Å². The van der Waals surface area contributed by atoms with Crippen LogP contribution in [0.3, 0.4) is 0 Å². The Kier molecular flexibility index (Phi) is 4.13. The van der Waals surface area contributed by atoms with Gasteiger partial charge in [0, 0.05) is 11.1 Å². The number of nitrogens with zero attached hydrogens (tertiary/aromatic N) is 1. The fourth-order valence-electron chi connectivity index (χ4n) is 4.09. The molecule has 0 spiro atoms. The van der Waals surface area contributed by atoms with E-state index in [2.05, 4.69) is 35.1 Å². The number of fused-ring (bicyclic) bond motifs is 2. The molecule has 0 aromatic carbocycles. The summed E-state index contributed by atoms with van der Waals surface area (Å²) in [6.07, 6.45) is 5.01. The number of hydrogen-bond donors (Lipinski definition) is 3. The SMILES string of the molecule is C[C@H]1c2cccn2CC[NH+]1CC(=O)Nc1sc2c(c1C(N)=O)CCC2. The summed E-state index contributed by atoms with van der Waals surface area (Å²) in [5.41, 5.74) is 8.40. The fourth-order valence-corrected chi connectivity index (χ4v) is 5.40.